The van der Waals surface area contributed by atoms with Crippen molar-refractivity contribution in [2.24, 2.45) is 11.8 Å². The fourth-order valence-electron chi connectivity index (χ4n) is 1.99. The van der Waals surface area contributed by atoms with Gasteiger partial charge in [0.2, 0.25) is 0 Å². The summed E-state index contributed by atoms with van der Waals surface area (Å²) in [5, 5.41) is 2.87. The zero-order valence-electron chi connectivity index (χ0n) is 13.6. The van der Waals surface area contributed by atoms with Gasteiger partial charge in [-0.3, -0.25) is 4.79 Å². The maximum absolute atomic E-state index is 12.0. The first kappa shape index (κ1) is 16.8. The minimum absolute atomic E-state index is 0.0660. The van der Waals surface area contributed by atoms with E-state index in [9.17, 15) is 4.79 Å². The lowest BCUT2D eigenvalue weighted by Crippen LogP contribution is -2.27. The van der Waals surface area contributed by atoms with Crippen LogP contribution in [-0.4, -0.2) is 32.3 Å². The molecular weight excluding hydrogens is 278 g/mol. The van der Waals surface area contributed by atoms with Gasteiger partial charge in [0.1, 0.15) is 5.75 Å². The van der Waals surface area contributed by atoms with Crippen LogP contribution in [0.2, 0.25) is 0 Å². The number of carbonyl (C=O) groups is 1. The summed E-state index contributed by atoms with van der Waals surface area (Å²) in [6.07, 6.45) is 3.61. The first-order valence-corrected chi connectivity index (χ1v) is 8.24. The smallest absolute Gasteiger partial charge is 0.251 e. The van der Waals surface area contributed by atoms with Crippen molar-refractivity contribution >= 4 is 5.91 Å². The second kappa shape index (κ2) is 8.79. The fraction of sp³-hybridized carbons (Fsp3) is 0.611. The summed E-state index contributed by atoms with van der Waals surface area (Å²) in [5.74, 6) is 2.14. The van der Waals surface area contributed by atoms with E-state index < -0.39 is 0 Å². The predicted octanol–water partition coefficient (Wildman–Crippen LogP) is 3.27. The lowest BCUT2D eigenvalue weighted by Gasteiger charge is -2.09. The van der Waals surface area contributed by atoms with Crippen LogP contribution in [0.25, 0.3) is 0 Å². The molecule has 4 nitrogen and oxygen atoms in total. The molecule has 122 valence electrons. The van der Waals surface area contributed by atoms with Gasteiger partial charge < -0.3 is 14.8 Å². The van der Waals surface area contributed by atoms with Crippen LogP contribution in [0.4, 0.5) is 0 Å². The van der Waals surface area contributed by atoms with Gasteiger partial charge in [0.25, 0.3) is 5.91 Å². The average molecular weight is 305 g/mol. The quantitative estimate of drug-likeness (QED) is 0.675. The van der Waals surface area contributed by atoms with Gasteiger partial charge in [-0.15, -0.1) is 0 Å². The van der Waals surface area contributed by atoms with Crippen molar-refractivity contribution in [2.45, 2.75) is 33.1 Å². The summed E-state index contributed by atoms with van der Waals surface area (Å²) in [5.41, 5.74) is 0.651. The minimum Gasteiger partial charge on any atom is -0.494 e. The number of ether oxygens (including phenoxy) is 2. The maximum atomic E-state index is 12.0. The van der Waals surface area contributed by atoms with Crippen LogP contribution in [0.5, 0.6) is 5.75 Å². The second-order valence-electron chi connectivity index (χ2n) is 6.33. The van der Waals surface area contributed by atoms with Crippen LogP contribution in [-0.2, 0) is 4.74 Å². The highest BCUT2D eigenvalue weighted by atomic mass is 16.5. The van der Waals surface area contributed by atoms with Crippen molar-refractivity contribution in [3.8, 4) is 5.75 Å². The van der Waals surface area contributed by atoms with Gasteiger partial charge >= 0.3 is 0 Å². The third-order valence-electron chi connectivity index (χ3n) is 3.66. The maximum Gasteiger partial charge on any atom is 0.251 e. The van der Waals surface area contributed by atoms with Gasteiger partial charge in [-0.05, 0) is 55.4 Å². The Hall–Kier alpha value is -1.55. The van der Waals surface area contributed by atoms with Crippen molar-refractivity contribution in [1.29, 1.82) is 0 Å². The molecule has 1 aromatic carbocycles. The molecule has 0 bridgehead atoms. The molecule has 1 saturated carbocycles. The molecule has 2 rings (SSSR count). The van der Waals surface area contributed by atoms with Crippen molar-refractivity contribution < 1.29 is 14.3 Å². The highest BCUT2D eigenvalue weighted by molar-refractivity contribution is 5.94. The first-order chi connectivity index (χ1) is 10.6. The number of carbonyl (C=O) groups excluding carboxylic acids is 1. The van der Waals surface area contributed by atoms with Crippen LogP contribution in [0, 0.1) is 11.8 Å². The molecule has 1 aromatic rings. The lowest BCUT2D eigenvalue weighted by molar-refractivity contribution is 0.0906. The Morgan fingerprint density at radius 3 is 2.59 bits per heavy atom. The second-order valence-corrected chi connectivity index (χ2v) is 6.33. The van der Waals surface area contributed by atoms with Gasteiger partial charge in [-0.2, -0.15) is 0 Å². The van der Waals surface area contributed by atoms with Gasteiger partial charge in [0.05, 0.1) is 13.2 Å². The van der Waals surface area contributed by atoms with Crippen molar-refractivity contribution in [1.82, 2.24) is 5.32 Å². The fourth-order valence-corrected chi connectivity index (χ4v) is 1.99. The molecule has 1 aliphatic carbocycles. The van der Waals surface area contributed by atoms with E-state index in [1.54, 1.807) is 12.1 Å². The summed E-state index contributed by atoms with van der Waals surface area (Å²) in [4.78, 5) is 12.0. The number of amides is 1. The SMILES string of the molecule is CC(C)CCOc1ccc(C(=O)NCCOCC2CC2)cc1. The number of hydrogen-bond acceptors (Lipinski definition) is 3. The molecule has 0 aromatic heterocycles. The molecule has 0 saturated heterocycles. The van der Waals surface area contributed by atoms with Crippen molar-refractivity contribution in [3.63, 3.8) is 0 Å². The Bertz CT molecular complexity index is 452. The standard InChI is InChI=1S/C18H27NO3/c1-14(2)9-11-22-17-7-5-16(6-8-17)18(20)19-10-12-21-13-15-3-4-15/h5-8,14-15H,3-4,9-13H2,1-2H3,(H,19,20). The number of rotatable bonds is 10. The van der Waals surface area contributed by atoms with Crippen molar-refractivity contribution in [2.75, 3.05) is 26.4 Å². The first-order valence-electron chi connectivity index (χ1n) is 8.24. The molecule has 1 amide bonds. The molecular formula is C18H27NO3. The minimum atomic E-state index is -0.0660. The average Bonchev–Trinajstić information content (AvgIpc) is 3.31. The Morgan fingerprint density at radius 1 is 1.23 bits per heavy atom. The normalized spacial score (nSPS) is 14.1. The zero-order chi connectivity index (χ0) is 15.8. The third kappa shape index (κ3) is 6.48. The topological polar surface area (TPSA) is 47.6 Å². The van der Waals surface area contributed by atoms with E-state index >= 15 is 0 Å². The molecule has 0 radical (unpaired) electrons. The van der Waals surface area contributed by atoms with Crippen LogP contribution in [0.3, 0.4) is 0 Å². The van der Waals surface area contributed by atoms with E-state index in [1.807, 2.05) is 12.1 Å². The third-order valence-corrected chi connectivity index (χ3v) is 3.66. The Balaban J connectivity index is 1.63. The molecule has 0 unspecified atom stereocenters. The summed E-state index contributed by atoms with van der Waals surface area (Å²) < 4.78 is 11.1. The van der Waals surface area contributed by atoms with Gasteiger partial charge in [-0.1, -0.05) is 13.8 Å². The van der Waals surface area contributed by atoms with E-state index in [0.29, 0.717) is 31.2 Å². The molecule has 1 fully saturated rings. The Morgan fingerprint density at radius 2 is 1.95 bits per heavy atom. The van der Waals surface area contributed by atoms with Crippen LogP contribution in [0.1, 0.15) is 43.5 Å². The predicted molar refractivity (Wildman–Crippen MR) is 87.3 cm³/mol. The van der Waals surface area contributed by atoms with Crippen LogP contribution in [0.15, 0.2) is 24.3 Å². The summed E-state index contributed by atoms with van der Waals surface area (Å²) in [6, 6.07) is 7.29. The summed E-state index contributed by atoms with van der Waals surface area (Å²) in [7, 11) is 0. The molecule has 0 heterocycles. The number of hydrogen-bond donors (Lipinski definition) is 1. The molecule has 4 heteroatoms. The lowest BCUT2D eigenvalue weighted by atomic mass is 10.1. The highest BCUT2D eigenvalue weighted by Crippen LogP contribution is 2.28. The molecule has 0 spiro atoms. The molecule has 0 atom stereocenters. The number of nitrogens with one attached hydrogen (secondary N) is 1. The van der Waals surface area contributed by atoms with Crippen LogP contribution < -0.4 is 10.1 Å². The highest BCUT2D eigenvalue weighted by Gasteiger charge is 2.20. The van der Waals surface area contributed by atoms with Gasteiger partial charge in [0.15, 0.2) is 0 Å². The molecule has 1 aliphatic rings. The van der Waals surface area contributed by atoms with E-state index in [2.05, 4.69) is 19.2 Å². The zero-order valence-corrected chi connectivity index (χ0v) is 13.6. The Labute approximate surface area is 133 Å². The van der Waals surface area contributed by atoms with Gasteiger partial charge in [-0.25, -0.2) is 0 Å². The molecule has 0 aliphatic heterocycles. The monoisotopic (exact) mass is 305 g/mol. The van der Waals surface area contributed by atoms with Crippen molar-refractivity contribution in [3.05, 3.63) is 29.8 Å². The van der Waals surface area contributed by atoms with E-state index in [0.717, 1.165) is 24.7 Å². The van der Waals surface area contributed by atoms with Crippen LogP contribution >= 0.6 is 0 Å². The largest absolute Gasteiger partial charge is 0.494 e. The number of benzene rings is 1. The summed E-state index contributed by atoms with van der Waals surface area (Å²) >= 11 is 0. The molecule has 1 N–H and O–H groups in total. The Kier molecular flexibility index (Phi) is 6.72. The van der Waals surface area contributed by atoms with Gasteiger partial charge in [0, 0.05) is 18.7 Å². The molecule has 22 heavy (non-hydrogen) atoms. The van der Waals surface area contributed by atoms with E-state index in [4.69, 9.17) is 9.47 Å². The summed E-state index contributed by atoms with van der Waals surface area (Å²) in [6.45, 7) is 7.02. The van der Waals surface area contributed by atoms with E-state index in [-0.39, 0.29) is 5.91 Å². The van der Waals surface area contributed by atoms with E-state index in [1.165, 1.54) is 12.8 Å².